The second-order valence-corrected chi connectivity index (χ2v) is 6.44. The summed E-state index contributed by atoms with van der Waals surface area (Å²) in [6.07, 6.45) is 0. The maximum Gasteiger partial charge on any atom is 0.263 e. The zero-order chi connectivity index (χ0) is 20.7. The molecule has 0 bridgehead atoms. The largest absolute Gasteiger partial charge is 0.504 e. The first-order valence-electron chi connectivity index (χ1n) is 8.95. The number of methoxy groups -OCH3 is 4. The molecule has 2 aromatic carbocycles. The SMILES string of the molecule is COc1ccc(C2=C3c4cc(OC)c(OC)c(OC)c4C(=O)N3CCO2)cc1O. The Bertz CT molecular complexity index is 1030. The number of ether oxygens (including phenoxy) is 5. The van der Waals surface area contributed by atoms with Crippen LogP contribution in [0.4, 0.5) is 0 Å². The van der Waals surface area contributed by atoms with E-state index < -0.39 is 0 Å². The molecule has 2 aliphatic heterocycles. The van der Waals surface area contributed by atoms with Crippen molar-refractivity contribution in [1.29, 1.82) is 0 Å². The highest BCUT2D eigenvalue weighted by Gasteiger charge is 2.42. The molecule has 0 radical (unpaired) electrons. The van der Waals surface area contributed by atoms with Crippen molar-refractivity contribution in [1.82, 2.24) is 4.90 Å². The van der Waals surface area contributed by atoms with Crippen LogP contribution in [-0.2, 0) is 4.74 Å². The van der Waals surface area contributed by atoms with E-state index in [0.717, 1.165) is 0 Å². The molecule has 4 rings (SSSR count). The van der Waals surface area contributed by atoms with E-state index in [1.54, 1.807) is 29.2 Å². The quantitative estimate of drug-likeness (QED) is 0.827. The Labute approximate surface area is 167 Å². The van der Waals surface area contributed by atoms with E-state index in [2.05, 4.69) is 0 Å². The summed E-state index contributed by atoms with van der Waals surface area (Å²) in [6.45, 7) is 0.713. The van der Waals surface area contributed by atoms with Gasteiger partial charge in [0.1, 0.15) is 6.61 Å². The summed E-state index contributed by atoms with van der Waals surface area (Å²) < 4.78 is 27.4. The van der Waals surface area contributed by atoms with Gasteiger partial charge in [-0.1, -0.05) is 0 Å². The third-order valence-electron chi connectivity index (χ3n) is 5.03. The fraction of sp³-hybridized carbons (Fsp3) is 0.286. The van der Waals surface area contributed by atoms with Gasteiger partial charge in [-0.05, 0) is 24.3 Å². The number of rotatable bonds is 5. The van der Waals surface area contributed by atoms with Gasteiger partial charge in [-0.3, -0.25) is 4.79 Å². The second-order valence-electron chi connectivity index (χ2n) is 6.44. The number of nitrogens with zero attached hydrogens (tertiary/aromatic N) is 1. The summed E-state index contributed by atoms with van der Waals surface area (Å²) in [5.74, 6) is 1.71. The number of carbonyl (C=O) groups excluding carboxylic acids is 1. The van der Waals surface area contributed by atoms with Crippen LogP contribution in [0.15, 0.2) is 24.3 Å². The molecule has 0 unspecified atom stereocenters. The van der Waals surface area contributed by atoms with Crippen LogP contribution in [0, 0.1) is 0 Å². The predicted molar refractivity (Wildman–Crippen MR) is 105 cm³/mol. The van der Waals surface area contributed by atoms with Crippen molar-refractivity contribution in [2.75, 3.05) is 41.6 Å². The molecule has 0 saturated carbocycles. The molecule has 0 spiro atoms. The average molecular weight is 399 g/mol. The first-order chi connectivity index (χ1) is 14.0. The van der Waals surface area contributed by atoms with Crippen LogP contribution < -0.4 is 18.9 Å². The van der Waals surface area contributed by atoms with Gasteiger partial charge in [0, 0.05) is 11.1 Å². The average Bonchev–Trinajstić information content (AvgIpc) is 3.04. The Morgan fingerprint density at radius 2 is 1.69 bits per heavy atom. The molecule has 1 amide bonds. The number of benzene rings is 2. The zero-order valence-corrected chi connectivity index (χ0v) is 16.6. The second kappa shape index (κ2) is 7.12. The predicted octanol–water partition coefficient (Wildman–Crippen LogP) is 2.74. The summed E-state index contributed by atoms with van der Waals surface area (Å²) in [7, 11) is 5.97. The van der Waals surface area contributed by atoms with E-state index in [1.807, 2.05) is 0 Å². The highest BCUT2D eigenvalue weighted by molar-refractivity contribution is 6.15. The van der Waals surface area contributed by atoms with Crippen LogP contribution in [-0.4, -0.2) is 57.5 Å². The minimum Gasteiger partial charge on any atom is -0.504 e. The molecule has 0 fully saturated rings. The summed E-state index contributed by atoms with van der Waals surface area (Å²) in [5.41, 5.74) is 2.23. The number of hydrogen-bond donors (Lipinski definition) is 1. The first-order valence-corrected chi connectivity index (χ1v) is 8.95. The van der Waals surface area contributed by atoms with Gasteiger partial charge in [-0.2, -0.15) is 0 Å². The van der Waals surface area contributed by atoms with Gasteiger partial charge in [0.05, 0.1) is 46.2 Å². The van der Waals surface area contributed by atoms with Gasteiger partial charge in [0.2, 0.25) is 5.75 Å². The molecular formula is C21H21NO7. The van der Waals surface area contributed by atoms with Gasteiger partial charge in [0.15, 0.2) is 28.8 Å². The molecule has 0 atom stereocenters. The smallest absolute Gasteiger partial charge is 0.263 e. The number of aromatic hydroxyl groups is 1. The fourth-order valence-corrected chi connectivity index (χ4v) is 3.75. The number of hydrogen-bond acceptors (Lipinski definition) is 7. The van der Waals surface area contributed by atoms with Crippen molar-refractivity contribution < 1.29 is 33.6 Å². The van der Waals surface area contributed by atoms with Crippen molar-refractivity contribution in [3.05, 3.63) is 41.0 Å². The number of carbonyl (C=O) groups is 1. The lowest BCUT2D eigenvalue weighted by Gasteiger charge is -2.27. The lowest BCUT2D eigenvalue weighted by Crippen LogP contribution is -2.31. The molecule has 2 heterocycles. The van der Waals surface area contributed by atoms with Gasteiger partial charge in [-0.15, -0.1) is 0 Å². The number of fused-ring (bicyclic) bond motifs is 3. The maximum absolute atomic E-state index is 13.2. The molecule has 0 aliphatic carbocycles. The molecule has 0 aromatic heterocycles. The summed E-state index contributed by atoms with van der Waals surface area (Å²) >= 11 is 0. The summed E-state index contributed by atoms with van der Waals surface area (Å²) in [5, 5.41) is 10.2. The van der Waals surface area contributed by atoms with E-state index in [-0.39, 0.29) is 11.7 Å². The molecule has 0 saturated heterocycles. The van der Waals surface area contributed by atoms with Gasteiger partial charge in [-0.25, -0.2) is 0 Å². The van der Waals surface area contributed by atoms with E-state index >= 15 is 0 Å². The summed E-state index contributed by atoms with van der Waals surface area (Å²) in [4.78, 5) is 14.9. The maximum atomic E-state index is 13.2. The van der Waals surface area contributed by atoms with Gasteiger partial charge >= 0.3 is 0 Å². The van der Waals surface area contributed by atoms with Gasteiger partial charge < -0.3 is 33.7 Å². The van der Waals surface area contributed by atoms with Crippen molar-refractivity contribution in [2.45, 2.75) is 0 Å². The third-order valence-corrected chi connectivity index (χ3v) is 5.03. The fourth-order valence-electron chi connectivity index (χ4n) is 3.75. The first kappa shape index (κ1) is 18.8. The molecule has 8 heteroatoms. The minimum atomic E-state index is -0.202. The van der Waals surface area contributed by atoms with Crippen LogP contribution in [0.3, 0.4) is 0 Å². The highest BCUT2D eigenvalue weighted by atomic mass is 16.5. The molecule has 29 heavy (non-hydrogen) atoms. The Balaban J connectivity index is 2.00. The van der Waals surface area contributed by atoms with E-state index in [4.69, 9.17) is 23.7 Å². The normalized spacial score (nSPS) is 14.9. The highest BCUT2D eigenvalue weighted by Crippen LogP contribution is 2.51. The Hall–Kier alpha value is -3.55. The molecule has 152 valence electrons. The van der Waals surface area contributed by atoms with E-state index in [0.29, 0.717) is 64.3 Å². The van der Waals surface area contributed by atoms with Gasteiger partial charge in [0.25, 0.3) is 5.91 Å². The van der Waals surface area contributed by atoms with Crippen LogP contribution in [0.25, 0.3) is 11.5 Å². The molecular weight excluding hydrogens is 378 g/mol. The van der Waals surface area contributed by atoms with Crippen molar-refractivity contribution in [3.63, 3.8) is 0 Å². The summed E-state index contributed by atoms with van der Waals surface area (Å²) in [6, 6.07) is 6.70. The Morgan fingerprint density at radius 3 is 2.31 bits per heavy atom. The number of phenolic OH excluding ortho intramolecular Hbond substituents is 1. The number of amides is 1. The monoisotopic (exact) mass is 399 g/mol. The van der Waals surface area contributed by atoms with Crippen molar-refractivity contribution in [2.24, 2.45) is 0 Å². The third kappa shape index (κ3) is 2.71. The minimum absolute atomic E-state index is 0.0201. The van der Waals surface area contributed by atoms with E-state index in [1.165, 1.54) is 28.4 Å². The lowest BCUT2D eigenvalue weighted by molar-refractivity contribution is 0.0805. The topological polar surface area (TPSA) is 86.7 Å². The van der Waals surface area contributed by atoms with Crippen molar-refractivity contribution >= 4 is 17.4 Å². The molecule has 2 aliphatic rings. The standard InChI is InChI=1S/C21H21NO7/c1-25-14-6-5-11(9-13(14)23)18-17-12-10-15(26-2)19(27-3)20(28-4)16(12)21(24)22(17)7-8-29-18/h5-6,9-10,23H,7-8H2,1-4H3. The lowest BCUT2D eigenvalue weighted by atomic mass is 10.0. The molecule has 8 nitrogen and oxygen atoms in total. The van der Waals surface area contributed by atoms with Crippen LogP contribution in [0.5, 0.6) is 28.7 Å². The molecule has 2 aromatic rings. The zero-order valence-electron chi connectivity index (χ0n) is 16.6. The van der Waals surface area contributed by atoms with Crippen molar-refractivity contribution in [3.8, 4) is 28.7 Å². The number of phenols is 1. The molecule has 1 N–H and O–H groups in total. The van der Waals surface area contributed by atoms with Crippen LogP contribution in [0.1, 0.15) is 21.5 Å². The van der Waals surface area contributed by atoms with Crippen LogP contribution in [0.2, 0.25) is 0 Å². The van der Waals surface area contributed by atoms with Crippen LogP contribution >= 0.6 is 0 Å². The van der Waals surface area contributed by atoms with E-state index in [9.17, 15) is 9.90 Å². The Kier molecular flexibility index (Phi) is 4.62. The Morgan fingerprint density at radius 1 is 0.966 bits per heavy atom.